The van der Waals surface area contributed by atoms with Crippen LogP contribution < -0.4 is 10.1 Å². The highest BCUT2D eigenvalue weighted by atomic mass is 16.5. The smallest absolute Gasteiger partial charge is 0.274 e. The van der Waals surface area contributed by atoms with E-state index in [9.17, 15) is 4.79 Å². The lowest BCUT2D eigenvalue weighted by Gasteiger charge is -2.41. The Labute approximate surface area is 186 Å². The van der Waals surface area contributed by atoms with Crippen LogP contribution in [0.5, 0.6) is 5.88 Å². The summed E-state index contributed by atoms with van der Waals surface area (Å²) >= 11 is 0. The number of hydrogen-bond acceptors (Lipinski definition) is 6. The molecular formula is C24H27N5O3. The van der Waals surface area contributed by atoms with Crippen molar-refractivity contribution in [2.24, 2.45) is 0 Å². The Morgan fingerprint density at radius 3 is 2.72 bits per heavy atom. The number of nitrogens with one attached hydrogen (secondary N) is 1. The molecule has 8 nitrogen and oxygen atoms in total. The van der Waals surface area contributed by atoms with Gasteiger partial charge in [-0.05, 0) is 58.6 Å². The number of nitrogens with zero attached hydrogens (tertiary/aromatic N) is 4. The minimum atomic E-state index is -0.278. The highest BCUT2D eigenvalue weighted by Gasteiger charge is 2.61. The molecule has 4 aliphatic rings. The standard InChI is InChI=1S/C24H27N5O3/c1-14(2)32-21-18(26-20(30)17-6-4-5-16(25-17)15-7-8-15)9-29-10-19(27-22(29)28-21)24-11-23(3,12-24)31-13-24/h4-6,9-10,14-15H,7-8,11-13H2,1-3H3,(H,26,30). The molecule has 2 saturated carbocycles. The minimum Gasteiger partial charge on any atom is -0.473 e. The third kappa shape index (κ3) is 3.24. The third-order valence-electron chi connectivity index (χ3n) is 6.67. The van der Waals surface area contributed by atoms with Crippen LogP contribution in [0.2, 0.25) is 0 Å². The van der Waals surface area contributed by atoms with Gasteiger partial charge >= 0.3 is 0 Å². The zero-order chi connectivity index (χ0) is 22.1. The second kappa shape index (κ2) is 6.75. The maximum Gasteiger partial charge on any atom is 0.274 e. The largest absolute Gasteiger partial charge is 0.473 e. The number of rotatable bonds is 6. The van der Waals surface area contributed by atoms with E-state index in [2.05, 4.69) is 22.2 Å². The molecule has 5 heterocycles. The quantitative estimate of drug-likeness (QED) is 0.635. The lowest BCUT2D eigenvalue weighted by Crippen LogP contribution is -2.45. The molecule has 3 aromatic heterocycles. The van der Waals surface area contributed by atoms with Gasteiger partial charge in [-0.2, -0.15) is 4.98 Å². The maximum absolute atomic E-state index is 13.0. The van der Waals surface area contributed by atoms with Gasteiger partial charge in [0.1, 0.15) is 11.4 Å². The van der Waals surface area contributed by atoms with Crippen molar-refractivity contribution in [3.05, 3.63) is 47.7 Å². The van der Waals surface area contributed by atoms with Crippen LogP contribution in [0.3, 0.4) is 0 Å². The maximum atomic E-state index is 13.0. The molecule has 0 spiro atoms. The van der Waals surface area contributed by atoms with Crippen molar-refractivity contribution in [3.8, 4) is 5.88 Å². The number of carbonyl (C=O) groups excluding carboxylic acids is 1. The van der Waals surface area contributed by atoms with E-state index in [1.807, 2.05) is 42.8 Å². The summed E-state index contributed by atoms with van der Waals surface area (Å²) in [5.41, 5.74) is 2.81. The molecule has 0 radical (unpaired) electrons. The highest BCUT2D eigenvalue weighted by Crippen LogP contribution is 2.58. The molecule has 7 rings (SSSR count). The van der Waals surface area contributed by atoms with Gasteiger partial charge in [0, 0.05) is 29.4 Å². The summed E-state index contributed by atoms with van der Waals surface area (Å²) < 4.78 is 13.7. The summed E-state index contributed by atoms with van der Waals surface area (Å²) in [5, 5.41) is 2.95. The Bertz CT molecular complexity index is 1220. The first-order chi connectivity index (χ1) is 15.3. The van der Waals surface area contributed by atoms with E-state index in [4.69, 9.17) is 14.5 Å². The highest BCUT2D eigenvalue weighted by molar-refractivity contribution is 6.03. The Morgan fingerprint density at radius 2 is 2.03 bits per heavy atom. The lowest BCUT2D eigenvalue weighted by molar-refractivity contribution is 0.0154. The number of ether oxygens (including phenoxy) is 2. The van der Waals surface area contributed by atoms with Gasteiger partial charge in [0.25, 0.3) is 5.91 Å². The van der Waals surface area contributed by atoms with Gasteiger partial charge in [-0.3, -0.25) is 9.20 Å². The first kappa shape index (κ1) is 19.7. The topological polar surface area (TPSA) is 90.6 Å². The first-order valence-corrected chi connectivity index (χ1v) is 11.3. The predicted octanol–water partition coefficient (Wildman–Crippen LogP) is 3.86. The average Bonchev–Trinajstić information content (AvgIpc) is 3.30. The summed E-state index contributed by atoms with van der Waals surface area (Å²) in [5.74, 6) is 1.12. The molecule has 0 unspecified atom stereocenters. The second-order valence-electron chi connectivity index (χ2n) is 10.0. The van der Waals surface area contributed by atoms with Crippen molar-refractivity contribution in [1.82, 2.24) is 19.4 Å². The fourth-order valence-electron chi connectivity index (χ4n) is 5.08. The van der Waals surface area contributed by atoms with Crippen LogP contribution in [0.4, 0.5) is 5.69 Å². The van der Waals surface area contributed by atoms with E-state index in [-0.39, 0.29) is 23.0 Å². The van der Waals surface area contributed by atoms with E-state index >= 15 is 0 Å². The van der Waals surface area contributed by atoms with Gasteiger partial charge in [-0.15, -0.1) is 0 Å². The molecule has 3 aromatic rings. The molecular weight excluding hydrogens is 406 g/mol. The number of fused-ring (bicyclic) bond motifs is 2. The molecule has 32 heavy (non-hydrogen) atoms. The summed E-state index contributed by atoms with van der Waals surface area (Å²) in [4.78, 5) is 27.0. The third-order valence-corrected chi connectivity index (χ3v) is 6.67. The molecule has 1 amide bonds. The molecule has 0 aromatic carbocycles. The summed E-state index contributed by atoms with van der Waals surface area (Å²) in [7, 11) is 0. The van der Waals surface area contributed by atoms with Gasteiger partial charge in [0.2, 0.25) is 11.7 Å². The van der Waals surface area contributed by atoms with Crippen LogP contribution in [0.25, 0.3) is 5.78 Å². The number of hydrogen-bond donors (Lipinski definition) is 1. The van der Waals surface area contributed by atoms with E-state index in [0.29, 0.717) is 35.6 Å². The van der Waals surface area contributed by atoms with Gasteiger partial charge in [-0.25, -0.2) is 9.97 Å². The summed E-state index contributed by atoms with van der Waals surface area (Å²) in [6.07, 6.45) is 7.96. The number of carbonyl (C=O) groups is 1. The number of aromatic nitrogens is 4. The molecule has 2 aliphatic heterocycles. The van der Waals surface area contributed by atoms with Crippen LogP contribution in [-0.4, -0.2) is 43.6 Å². The average molecular weight is 434 g/mol. The van der Waals surface area contributed by atoms with Crippen LogP contribution in [0, 0.1) is 0 Å². The van der Waals surface area contributed by atoms with Gasteiger partial charge in [0.05, 0.1) is 24.0 Å². The Kier molecular flexibility index (Phi) is 4.15. The second-order valence-corrected chi connectivity index (χ2v) is 10.0. The molecule has 2 bridgehead atoms. The van der Waals surface area contributed by atoms with Crippen molar-refractivity contribution in [1.29, 1.82) is 0 Å². The Hall–Kier alpha value is -3.00. The van der Waals surface area contributed by atoms with Crippen molar-refractivity contribution < 1.29 is 14.3 Å². The molecule has 8 heteroatoms. The molecule has 166 valence electrons. The fraction of sp³-hybridized carbons (Fsp3) is 0.500. The van der Waals surface area contributed by atoms with Crippen molar-refractivity contribution in [3.63, 3.8) is 0 Å². The number of anilines is 1. The van der Waals surface area contributed by atoms with E-state index in [0.717, 1.165) is 37.1 Å². The number of amides is 1. The van der Waals surface area contributed by atoms with E-state index in [1.54, 1.807) is 6.07 Å². The molecule has 4 fully saturated rings. The van der Waals surface area contributed by atoms with Crippen molar-refractivity contribution in [2.75, 3.05) is 11.9 Å². The van der Waals surface area contributed by atoms with Crippen LogP contribution in [-0.2, 0) is 10.2 Å². The normalized spacial score (nSPS) is 26.4. The van der Waals surface area contributed by atoms with E-state index < -0.39 is 0 Å². The van der Waals surface area contributed by atoms with Gasteiger partial charge < -0.3 is 14.8 Å². The fourth-order valence-corrected chi connectivity index (χ4v) is 5.08. The zero-order valence-corrected chi connectivity index (χ0v) is 18.6. The van der Waals surface area contributed by atoms with Crippen LogP contribution in [0.15, 0.2) is 30.6 Å². The van der Waals surface area contributed by atoms with E-state index in [1.165, 1.54) is 0 Å². The summed E-state index contributed by atoms with van der Waals surface area (Å²) in [6, 6.07) is 5.61. The lowest BCUT2D eigenvalue weighted by atomic mass is 9.62. The minimum absolute atomic E-state index is 0.0176. The molecule has 0 atom stereocenters. The SMILES string of the molecule is CC(C)Oc1nc2nc(C34COC(C)(C3)C4)cn2cc1NC(=O)c1cccc(C2CC2)n1. The van der Waals surface area contributed by atoms with Gasteiger partial charge in [0.15, 0.2) is 0 Å². The van der Waals surface area contributed by atoms with Crippen LogP contribution in [0.1, 0.15) is 74.2 Å². The monoisotopic (exact) mass is 433 g/mol. The van der Waals surface area contributed by atoms with Crippen LogP contribution >= 0.6 is 0 Å². The Morgan fingerprint density at radius 1 is 1.22 bits per heavy atom. The molecule has 2 aliphatic carbocycles. The number of imidazole rings is 1. The van der Waals surface area contributed by atoms with Crippen molar-refractivity contribution >= 4 is 17.4 Å². The first-order valence-electron chi connectivity index (χ1n) is 11.3. The molecule has 1 N–H and O–H groups in total. The predicted molar refractivity (Wildman–Crippen MR) is 118 cm³/mol. The molecule has 2 saturated heterocycles. The zero-order valence-electron chi connectivity index (χ0n) is 18.6. The van der Waals surface area contributed by atoms with Gasteiger partial charge in [-0.1, -0.05) is 6.07 Å². The van der Waals surface area contributed by atoms with Crippen molar-refractivity contribution in [2.45, 2.75) is 69.5 Å². The summed E-state index contributed by atoms with van der Waals surface area (Å²) in [6.45, 7) is 6.70. The Balaban J connectivity index is 1.33. The number of pyridine rings is 1.